The van der Waals surface area contributed by atoms with E-state index < -0.39 is 0 Å². The number of guanidine groups is 1. The Balaban J connectivity index is 1.44. The smallest absolute Gasteiger partial charge is 0.246 e. The summed E-state index contributed by atoms with van der Waals surface area (Å²) in [6, 6.07) is 6.72. The predicted molar refractivity (Wildman–Crippen MR) is 110 cm³/mol. The van der Waals surface area contributed by atoms with Gasteiger partial charge in [-0.05, 0) is 42.9 Å². The second kappa shape index (κ2) is 8.04. The number of rotatable bonds is 4. The predicted octanol–water partition coefficient (Wildman–Crippen LogP) is 1.72. The molecule has 0 saturated carbocycles. The maximum absolute atomic E-state index is 12.7. The Morgan fingerprint density at radius 1 is 1.25 bits per heavy atom. The minimum Gasteiger partial charge on any atom is -0.356 e. The summed E-state index contributed by atoms with van der Waals surface area (Å²) in [6.45, 7) is 5.17. The van der Waals surface area contributed by atoms with E-state index in [2.05, 4.69) is 35.5 Å². The van der Waals surface area contributed by atoms with Crippen molar-refractivity contribution in [2.45, 2.75) is 32.7 Å². The zero-order chi connectivity index (χ0) is 19.5. The minimum atomic E-state index is 0.0717. The highest BCUT2D eigenvalue weighted by atomic mass is 16.2. The Kier molecular flexibility index (Phi) is 5.32. The van der Waals surface area contributed by atoms with Crippen LogP contribution in [0.3, 0.4) is 0 Å². The SMILES string of the molecule is CCNC(=NCc1ccc2c(c1)CCC2)N1CCN(c2cnn(C)c2)C(=O)C1. The van der Waals surface area contributed by atoms with E-state index in [9.17, 15) is 4.79 Å². The van der Waals surface area contributed by atoms with Gasteiger partial charge in [0.15, 0.2) is 5.96 Å². The average Bonchev–Trinajstić information content (AvgIpc) is 3.33. The molecule has 2 heterocycles. The Hall–Kier alpha value is -2.83. The number of carbonyl (C=O) groups excluding carboxylic acids is 1. The summed E-state index contributed by atoms with van der Waals surface area (Å²) in [7, 11) is 1.86. The molecule has 0 radical (unpaired) electrons. The normalized spacial score (nSPS) is 17.2. The molecule has 1 N–H and O–H groups in total. The lowest BCUT2D eigenvalue weighted by atomic mass is 10.1. The summed E-state index contributed by atoms with van der Waals surface area (Å²) in [5.74, 6) is 0.879. The molecule has 0 spiro atoms. The molecule has 7 heteroatoms. The lowest BCUT2D eigenvalue weighted by Gasteiger charge is -2.35. The van der Waals surface area contributed by atoms with Gasteiger partial charge in [0.2, 0.25) is 5.91 Å². The molecule has 1 aromatic carbocycles. The van der Waals surface area contributed by atoms with E-state index in [1.807, 2.05) is 18.1 Å². The molecule has 1 saturated heterocycles. The molecule has 1 aliphatic carbocycles. The second-order valence-electron chi connectivity index (χ2n) is 7.47. The van der Waals surface area contributed by atoms with E-state index in [1.165, 1.54) is 36.0 Å². The molecule has 1 amide bonds. The number of benzene rings is 1. The van der Waals surface area contributed by atoms with Gasteiger partial charge in [-0.25, -0.2) is 4.99 Å². The molecule has 1 fully saturated rings. The number of hydrogen-bond acceptors (Lipinski definition) is 3. The van der Waals surface area contributed by atoms with Crippen molar-refractivity contribution in [2.24, 2.45) is 12.0 Å². The maximum atomic E-state index is 12.7. The first kappa shape index (κ1) is 18.5. The third-order valence-electron chi connectivity index (χ3n) is 5.43. The fourth-order valence-electron chi connectivity index (χ4n) is 3.99. The quantitative estimate of drug-likeness (QED) is 0.648. The summed E-state index contributed by atoms with van der Waals surface area (Å²) in [4.78, 5) is 21.4. The van der Waals surface area contributed by atoms with Crippen molar-refractivity contribution in [3.8, 4) is 0 Å². The Morgan fingerprint density at radius 3 is 2.86 bits per heavy atom. The number of hydrogen-bond donors (Lipinski definition) is 1. The van der Waals surface area contributed by atoms with Crippen LogP contribution in [0.4, 0.5) is 5.69 Å². The van der Waals surface area contributed by atoms with Crippen molar-refractivity contribution in [1.29, 1.82) is 0 Å². The molecule has 28 heavy (non-hydrogen) atoms. The summed E-state index contributed by atoms with van der Waals surface area (Å²) in [6.07, 6.45) is 7.25. The first-order valence-corrected chi connectivity index (χ1v) is 10.1. The number of carbonyl (C=O) groups is 1. The lowest BCUT2D eigenvalue weighted by molar-refractivity contribution is -0.120. The molecule has 2 aliphatic rings. The van der Waals surface area contributed by atoms with E-state index in [1.54, 1.807) is 15.8 Å². The van der Waals surface area contributed by atoms with Crippen LogP contribution in [0.15, 0.2) is 35.6 Å². The minimum absolute atomic E-state index is 0.0717. The van der Waals surface area contributed by atoms with E-state index in [4.69, 9.17) is 4.99 Å². The maximum Gasteiger partial charge on any atom is 0.246 e. The number of anilines is 1. The molecule has 0 atom stereocenters. The third kappa shape index (κ3) is 3.88. The van der Waals surface area contributed by atoms with Gasteiger partial charge in [-0.3, -0.25) is 9.48 Å². The number of aliphatic imine (C=N–C) groups is 1. The van der Waals surface area contributed by atoms with Gasteiger partial charge in [0.05, 0.1) is 18.4 Å². The van der Waals surface area contributed by atoms with Crippen LogP contribution in [-0.4, -0.2) is 52.7 Å². The molecule has 148 valence electrons. The zero-order valence-corrected chi connectivity index (χ0v) is 16.7. The Morgan fingerprint density at radius 2 is 2.11 bits per heavy atom. The molecule has 1 aliphatic heterocycles. The number of fused-ring (bicyclic) bond motifs is 1. The topological polar surface area (TPSA) is 65.8 Å². The van der Waals surface area contributed by atoms with Crippen molar-refractivity contribution in [3.05, 3.63) is 47.3 Å². The van der Waals surface area contributed by atoms with Crippen molar-refractivity contribution >= 4 is 17.6 Å². The van der Waals surface area contributed by atoms with E-state index in [0.29, 0.717) is 19.6 Å². The van der Waals surface area contributed by atoms with Crippen LogP contribution >= 0.6 is 0 Å². The standard InChI is InChI=1S/C21H28N6O/c1-3-22-21(23-12-16-7-8-17-5-4-6-18(17)11-16)26-9-10-27(20(28)15-26)19-13-24-25(2)14-19/h7-8,11,13-14H,3-6,9-10,12,15H2,1-2H3,(H,22,23). The highest BCUT2D eigenvalue weighted by molar-refractivity contribution is 5.98. The van der Waals surface area contributed by atoms with Gasteiger partial charge < -0.3 is 15.1 Å². The first-order valence-electron chi connectivity index (χ1n) is 10.1. The summed E-state index contributed by atoms with van der Waals surface area (Å²) in [5.41, 5.74) is 5.04. The molecule has 0 bridgehead atoms. The van der Waals surface area contributed by atoms with Crippen LogP contribution in [0.5, 0.6) is 0 Å². The van der Waals surface area contributed by atoms with E-state index >= 15 is 0 Å². The zero-order valence-electron chi connectivity index (χ0n) is 16.7. The molecule has 7 nitrogen and oxygen atoms in total. The van der Waals surface area contributed by atoms with Gasteiger partial charge >= 0.3 is 0 Å². The third-order valence-corrected chi connectivity index (χ3v) is 5.43. The molecule has 0 unspecified atom stereocenters. The Bertz CT molecular complexity index is 887. The highest BCUT2D eigenvalue weighted by Crippen LogP contribution is 2.23. The number of amides is 1. The number of nitrogens with one attached hydrogen (secondary N) is 1. The number of aryl methyl sites for hydroxylation is 3. The van der Waals surface area contributed by atoms with Crippen LogP contribution in [0.1, 0.15) is 30.0 Å². The van der Waals surface area contributed by atoms with E-state index in [-0.39, 0.29) is 5.91 Å². The van der Waals surface area contributed by atoms with Gasteiger partial charge in [0, 0.05) is 32.9 Å². The Labute approximate surface area is 166 Å². The van der Waals surface area contributed by atoms with Crippen LogP contribution in [0, 0.1) is 0 Å². The summed E-state index contributed by atoms with van der Waals surface area (Å²) in [5, 5.41) is 7.51. The number of nitrogens with zero attached hydrogens (tertiary/aromatic N) is 5. The lowest BCUT2D eigenvalue weighted by Crippen LogP contribution is -2.55. The van der Waals surface area contributed by atoms with Crippen molar-refractivity contribution < 1.29 is 4.79 Å². The summed E-state index contributed by atoms with van der Waals surface area (Å²) >= 11 is 0. The van der Waals surface area contributed by atoms with Crippen LogP contribution in [0.25, 0.3) is 0 Å². The van der Waals surface area contributed by atoms with Gasteiger partial charge in [-0.2, -0.15) is 5.10 Å². The van der Waals surface area contributed by atoms with Crippen molar-refractivity contribution in [3.63, 3.8) is 0 Å². The molecule has 4 rings (SSSR count). The fraction of sp³-hybridized carbons (Fsp3) is 0.476. The van der Waals surface area contributed by atoms with Crippen molar-refractivity contribution in [2.75, 3.05) is 31.1 Å². The highest BCUT2D eigenvalue weighted by Gasteiger charge is 2.27. The monoisotopic (exact) mass is 380 g/mol. The molecular weight excluding hydrogens is 352 g/mol. The van der Waals surface area contributed by atoms with Crippen LogP contribution in [-0.2, 0) is 31.2 Å². The number of aromatic nitrogens is 2. The number of piperazine rings is 1. The van der Waals surface area contributed by atoms with Gasteiger partial charge in [0.25, 0.3) is 0 Å². The fourth-order valence-corrected chi connectivity index (χ4v) is 3.99. The average molecular weight is 380 g/mol. The molecule has 2 aromatic rings. The largest absolute Gasteiger partial charge is 0.356 e. The van der Waals surface area contributed by atoms with Crippen LogP contribution < -0.4 is 10.2 Å². The van der Waals surface area contributed by atoms with E-state index in [0.717, 1.165) is 24.7 Å². The van der Waals surface area contributed by atoms with Crippen LogP contribution in [0.2, 0.25) is 0 Å². The second-order valence-corrected chi connectivity index (χ2v) is 7.47. The van der Waals surface area contributed by atoms with Gasteiger partial charge in [-0.1, -0.05) is 18.2 Å². The first-order chi connectivity index (χ1) is 13.6. The van der Waals surface area contributed by atoms with Gasteiger partial charge in [-0.15, -0.1) is 0 Å². The summed E-state index contributed by atoms with van der Waals surface area (Å²) < 4.78 is 1.72. The van der Waals surface area contributed by atoms with Crippen molar-refractivity contribution in [1.82, 2.24) is 20.0 Å². The van der Waals surface area contributed by atoms with Gasteiger partial charge in [0.1, 0.15) is 6.54 Å². The molecular formula is C21H28N6O. The molecule has 1 aromatic heterocycles.